The molecule has 0 saturated carbocycles. The van der Waals surface area contributed by atoms with Gasteiger partial charge in [0.25, 0.3) is 0 Å². The molecular formula is C19H24N2O7S2. The molecule has 1 aliphatic rings. The average molecular weight is 457 g/mol. The van der Waals surface area contributed by atoms with E-state index < -0.39 is 16.0 Å². The molecular weight excluding hydrogens is 432 g/mol. The van der Waals surface area contributed by atoms with Crippen LogP contribution in [-0.4, -0.2) is 64.2 Å². The van der Waals surface area contributed by atoms with E-state index in [4.69, 9.17) is 4.74 Å². The van der Waals surface area contributed by atoms with Gasteiger partial charge in [0.05, 0.1) is 35.5 Å². The smallest absolute Gasteiger partial charge is 0.333 e. The number of carbonyl (C=O) groups is 3. The molecule has 1 amide bonds. The first-order valence-electron chi connectivity index (χ1n) is 9.17. The van der Waals surface area contributed by atoms with Crippen LogP contribution in [0.1, 0.15) is 18.4 Å². The highest BCUT2D eigenvalue weighted by Crippen LogP contribution is 2.28. The summed E-state index contributed by atoms with van der Waals surface area (Å²) in [5.41, 5.74) is 0.819. The number of carbonyl (C=O) groups excluding carboxylic acids is 3. The molecule has 1 aromatic rings. The lowest BCUT2D eigenvalue weighted by atomic mass is 10.1. The zero-order chi connectivity index (χ0) is 22.1. The van der Waals surface area contributed by atoms with Crippen LogP contribution in [0.4, 0.5) is 0 Å². The molecule has 0 atom stereocenters. The molecule has 0 aromatic heterocycles. The summed E-state index contributed by atoms with van der Waals surface area (Å²) in [7, 11) is -0.877. The molecule has 30 heavy (non-hydrogen) atoms. The van der Waals surface area contributed by atoms with Crippen LogP contribution in [0.2, 0.25) is 0 Å². The largest absolute Gasteiger partial charge is 0.466 e. The van der Waals surface area contributed by atoms with Crippen molar-refractivity contribution in [1.29, 1.82) is 0 Å². The molecule has 1 aromatic carbocycles. The van der Waals surface area contributed by atoms with E-state index in [2.05, 4.69) is 9.46 Å². The summed E-state index contributed by atoms with van der Waals surface area (Å²) in [6, 6.07) is 6.28. The number of rotatable bonds is 10. The van der Waals surface area contributed by atoms with Gasteiger partial charge >= 0.3 is 11.9 Å². The van der Waals surface area contributed by atoms with Gasteiger partial charge in [0.2, 0.25) is 15.9 Å². The Balaban J connectivity index is 1.73. The standard InChI is InChI=1S/C19H24N2O7S2/c1-20-30(25,26)15-7-4-14(5-8-15)6-9-18(23)28-11-3-10-21-16(22)13-29-17(21)12-19(24)27-2/h4-5,7-8,12,20H,3,6,9-11,13H2,1-2H3/b17-12-. The van der Waals surface area contributed by atoms with Crippen LogP contribution in [-0.2, 0) is 40.3 Å². The lowest BCUT2D eigenvalue weighted by Crippen LogP contribution is -2.27. The Morgan fingerprint density at radius 3 is 2.60 bits per heavy atom. The predicted octanol–water partition coefficient (Wildman–Crippen LogP) is 1.05. The van der Waals surface area contributed by atoms with Crippen molar-refractivity contribution in [1.82, 2.24) is 9.62 Å². The maximum atomic E-state index is 11.9. The van der Waals surface area contributed by atoms with Gasteiger partial charge in [0.1, 0.15) is 0 Å². The molecule has 1 saturated heterocycles. The molecule has 1 fully saturated rings. The summed E-state index contributed by atoms with van der Waals surface area (Å²) in [6.45, 7) is 0.488. The summed E-state index contributed by atoms with van der Waals surface area (Å²) < 4.78 is 35.4. The molecule has 1 heterocycles. The van der Waals surface area contributed by atoms with Gasteiger partial charge in [-0.2, -0.15) is 0 Å². The van der Waals surface area contributed by atoms with E-state index in [0.717, 1.165) is 5.56 Å². The van der Waals surface area contributed by atoms with Gasteiger partial charge in [-0.25, -0.2) is 17.9 Å². The van der Waals surface area contributed by atoms with E-state index >= 15 is 0 Å². The molecule has 11 heteroatoms. The SMILES string of the molecule is CNS(=O)(=O)c1ccc(CCC(=O)OCCCN2C(=O)CS/C2=C\C(=O)OC)cc1. The van der Waals surface area contributed by atoms with Crippen LogP contribution in [0.3, 0.4) is 0 Å². The maximum absolute atomic E-state index is 11.9. The van der Waals surface area contributed by atoms with E-state index in [1.807, 2.05) is 0 Å². The molecule has 2 rings (SSSR count). The summed E-state index contributed by atoms with van der Waals surface area (Å²) >= 11 is 1.26. The van der Waals surface area contributed by atoms with E-state index in [1.165, 1.54) is 49.0 Å². The molecule has 1 N–H and O–H groups in total. The summed E-state index contributed by atoms with van der Waals surface area (Å²) in [4.78, 5) is 36.8. The number of hydrogen-bond acceptors (Lipinski definition) is 8. The molecule has 9 nitrogen and oxygen atoms in total. The van der Waals surface area contributed by atoms with Crippen molar-refractivity contribution in [3.8, 4) is 0 Å². The van der Waals surface area contributed by atoms with Crippen molar-refractivity contribution in [2.45, 2.75) is 24.2 Å². The molecule has 164 valence electrons. The number of benzene rings is 1. The van der Waals surface area contributed by atoms with Gasteiger partial charge in [-0.3, -0.25) is 9.59 Å². The molecule has 0 bridgehead atoms. The third kappa shape index (κ3) is 6.85. The first kappa shape index (κ1) is 23.9. The number of thioether (sulfide) groups is 1. The highest BCUT2D eigenvalue weighted by Gasteiger charge is 2.27. The number of sulfonamides is 1. The van der Waals surface area contributed by atoms with Crippen molar-refractivity contribution in [2.24, 2.45) is 0 Å². The Bertz CT molecular complexity index is 911. The number of amides is 1. The number of hydrogen-bond donors (Lipinski definition) is 1. The highest BCUT2D eigenvalue weighted by atomic mass is 32.2. The van der Waals surface area contributed by atoms with Gasteiger partial charge in [0, 0.05) is 13.0 Å². The Kier molecular flexibility index (Phi) is 8.88. The first-order chi connectivity index (χ1) is 14.3. The van der Waals surface area contributed by atoms with Gasteiger partial charge in [-0.05, 0) is 37.6 Å². The van der Waals surface area contributed by atoms with E-state index in [9.17, 15) is 22.8 Å². The Labute approximate surface area is 179 Å². The summed E-state index contributed by atoms with van der Waals surface area (Å²) in [6.07, 6.45) is 2.29. The number of nitrogens with one attached hydrogen (secondary N) is 1. The third-order valence-electron chi connectivity index (χ3n) is 4.26. The van der Waals surface area contributed by atoms with E-state index in [-0.39, 0.29) is 35.6 Å². The quantitative estimate of drug-likeness (QED) is 0.315. The van der Waals surface area contributed by atoms with Crippen LogP contribution in [0.25, 0.3) is 0 Å². The van der Waals surface area contributed by atoms with Gasteiger partial charge < -0.3 is 14.4 Å². The second-order valence-corrected chi connectivity index (χ2v) is 9.15. The molecule has 0 radical (unpaired) electrons. The molecule has 0 aliphatic carbocycles. The number of nitrogens with zero attached hydrogens (tertiary/aromatic N) is 1. The van der Waals surface area contributed by atoms with E-state index in [0.29, 0.717) is 24.4 Å². The highest BCUT2D eigenvalue weighted by molar-refractivity contribution is 8.04. The minimum Gasteiger partial charge on any atom is -0.466 e. The second-order valence-electron chi connectivity index (χ2n) is 6.27. The minimum atomic E-state index is -3.49. The third-order valence-corrected chi connectivity index (χ3v) is 6.72. The van der Waals surface area contributed by atoms with Gasteiger partial charge in [-0.15, -0.1) is 0 Å². The number of esters is 2. The van der Waals surface area contributed by atoms with Gasteiger partial charge in [0.15, 0.2) is 0 Å². The average Bonchev–Trinajstić information content (AvgIpc) is 3.08. The zero-order valence-electron chi connectivity index (χ0n) is 16.8. The normalized spacial score (nSPS) is 15.5. The van der Waals surface area contributed by atoms with Crippen LogP contribution in [0.5, 0.6) is 0 Å². The monoisotopic (exact) mass is 456 g/mol. The maximum Gasteiger partial charge on any atom is 0.333 e. The Hall–Kier alpha value is -2.37. The van der Waals surface area contributed by atoms with Crippen molar-refractivity contribution in [2.75, 3.05) is 33.1 Å². The zero-order valence-corrected chi connectivity index (χ0v) is 18.4. The lowest BCUT2D eigenvalue weighted by Gasteiger charge is -2.16. The van der Waals surface area contributed by atoms with Crippen LogP contribution < -0.4 is 4.72 Å². The van der Waals surface area contributed by atoms with Crippen LogP contribution >= 0.6 is 11.8 Å². The number of ether oxygens (including phenoxy) is 2. The van der Waals surface area contributed by atoms with Crippen molar-refractivity contribution in [3.05, 3.63) is 40.9 Å². The number of methoxy groups -OCH3 is 1. The van der Waals surface area contributed by atoms with Crippen LogP contribution in [0, 0.1) is 0 Å². The van der Waals surface area contributed by atoms with Gasteiger partial charge in [-0.1, -0.05) is 23.9 Å². The minimum absolute atomic E-state index is 0.106. The Morgan fingerprint density at radius 1 is 1.27 bits per heavy atom. The number of aryl methyl sites for hydroxylation is 1. The van der Waals surface area contributed by atoms with Crippen molar-refractivity contribution >= 4 is 39.6 Å². The predicted molar refractivity (Wildman–Crippen MR) is 111 cm³/mol. The second kappa shape index (κ2) is 11.1. The summed E-state index contributed by atoms with van der Waals surface area (Å²) in [5, 5.41) is 0.530. The van der Waals surface area contributed by atoms with Crippen molar-refractivity contribution in [3.63, 3.8) is 0 Å². The topological polar surface area (TPSA) is 119 Å². The fourth-order valence-electron chi connectivity index (χ4n) is 2.61. The molecule has 0 spiro atoms. The lowest BCUT2D eigenvalue weighted by molar-refractivity contribution is -0.143. The van der Waals surface area contributed by atoms with E-state index in [1.54, 1.807) is 12.1 Å². The van der Waals surface area contributed by atoms with Crippen molar-refractivity contribution < 1.29 is 32.3 Å². The van der Waals surface area contributed by atoms with Crippen LogP contribution in [0.15, 0.2) is 40.3 Å². The molecule has 1 aliphatic heterocycles. The molecule has 0 unspecified atom stereocenters. The fraction of sp³-hybridized carbons (Fsp3) is 0.421. The first-order valence-corrected chi connectivity index (χ1v) is 11.6. The summed E-state index contributed by atoms with van der Waals surface area (Å²) in [5.74, 6) is -0.753. The fourth-order valence-corrected chi connectivity index (χ4v) is 4.29. The Morgan fingerprint density at radius 2 is 1.97 bits per heavy atom.